The van der Waals surface area contributed by atoms with E-state index < -0.39 is 11.9 Å². The number of carbonyl (C=O) groups is 2. The van der Waals surface area contributed by atoms with Crippen molar-refractivity contribution < 1.29 is 19.4 Å². The van der Waals surface area contributed by atoms with E-state index >= 15 is 0 Å². The van der Waals surface area contributed by atoms with Crippen molar-refractivity contribution >= 4 is 17.6 Å². The SMILES string of the molecule is COc1ccc(N2CCN(C(=O)C(=O)[O-])CC2)cc1. The van der Waals surface area contributed by atoms with Crippen molar-refractivity contribution in [3.63, 3.8) is 0 Å². The Labute approximate surface area is 111 Å². The normalized spacial score (nSPS) is 15.2. The molecule has 1 amide bonds. The number of aliphatic carboxylic acids is 1. The molecule has 1 aliphatic heterocycles. The van der Waals surface area contributed by atoms with Gasteiger partial charge in [-0.1, -0.05) is 0 Å². The second-order valence-electron chi connectivity index (χ2n) is 4.26. The van der Waals surface area contributed by atoms with E-state index in [0.717, 1.165) is 11.4 Å². The maximum atomic E-state index is 11.3. The van der Waals surface area contributed by atoms with Crippen LogP contribution in [-0.2, 0) is 9.59 Å². The Morgan fingerprint density at radius 3 is 2.16 bits per heavy atom. The second-order valence-corrected chi connectivity index (χ2v) is 4.26. The Morgan fingerprint density at radius 1 is 1.11 bits per heavy atom. The standard InChI is InChI=1S/C13H16N2O4/c1-19-11-4-2-10(3-5-11)14-6-8-15(9-7-14)12(16)13(17)18/h2-5H,6-9H2,1H3,(H,17,18)/p-1. The summed E-state index contributed by atoms with van der Waals surface area (Å²) in [6.07, 6.45) is 0. The molecule has 1 heterocycles. The Morgan fingerprint density at radius 2 is 1.68 bits per heavy atom. The van der Waals surface area contributed by atoms with E-state index in [1.54, 1.807) is 7.11 Å². The van der Waals surface area contributed by atoms with Gasteiger partial charge < -0.3 is 24.4 Å². The zero-order chi connectivity index (χ0) is 13.8. The minimum absolute atomic E-state index is 0.388. The van der Waals surface area contributed by atoms with Gasteiger partial charge in [0, 0.05) is 31.9 Å². The van der Waals surface area contributed by atoms with Crippen molar-refractivity contribution in [1.82, 2.24) is 4.90 Å². The molecular formula is C13H15N2O4-. The Bertz CT molecular complexity index is 464. The van der Waals surface area contributed by atoms with Gasteiger partial charge in [0.05, 0.1) is 7.11 Å². The molecule has 0 saturated carbocycles. The highest BCUT2D eigenvalue weighted by molar-refractivity contribution is 6.30. The minimum atomic E-state index is -1.64. The summed E-state index contributed by atoms with van der Waals surface area (Å²) >= 11 is 0. The number of nitrogens with zero attached hydrogens (tertiary/aromatic N) is 2. The van der Waals surface area contributed by atoms with Crippen molar-refractivity contribution in [2.45, 2.75) is 0 Å². The lowest BCUT2D eigenvalue weighted by atomic mass is 10.2. The third kappa shape index (κ3) is 2.96. The number of hydrogen-bond acceptors (Lipinski definition) is 5. The maximum absolute atomic E-state index is 11.3. The van der Waals surface area contributed by atoms with Gasteiger partial charge in [-0.15, -0.1) is 0 Å². The van der Waals surface area contributed by atoms with Gasteiger partial charge in [-0.3, -0.25) is 4.79 Å². The summed E-state index contributed by atoms with van der Waals surface area (Å²) in [6, 6.07) is 7.62. The first-order valence-corrected chi connectivity index (χ1v) is 6.01. The molecule has 0 bridgehead atoms. The quantitative estimate of drug-likeness (QED) is 0.646. The Hall–Kier alpha value is -2.24. The molecule has 0 aromatic heterocycles. The van der Waals surface area contributed by atoms with Crippen LogP contribution in [0.3, 0.4) is 0 Å². The summed E-state index contributed by atoms with van der Waals surface area (Å²) in [7, 11) is 1.61. The van der Waals surface area contributed by atoms with Crippen LogP contribution in [0, 0.1) is 0 Å². The molecule has 6 heteroatoms. The Balaban J connectivity index is 1.95. The number of methoxy groups -OCH3 is 1. The monoisotopic (exact) mass is 263 g/mol. The molecule has 1 fully saturated rings. The minimum Gasteiger partial charge on any atom is -0.540 e. The van der Waals surface area contributed by atoms with Crippen LogP contribution in [0.1, 0.15) is 0 Å². The van der Waals surface area contributed by atoms with Gasteiger partial charge in [0.15, 0.2) is 0 Å². The predicted octanol–water partition coefficient (Wildman–Crippen LogP) is -0.906. The molecule has 0 unspecified atom stereocenters. The largest absolute Gasteiger partial charge is 0.540 e. The van der Waals surface area contributed by atoms with Crippen LogP contribution in [-0.4, -0.2) is 50.1 Å². The van der Waals surface area contributed by atoms with Gasteiger partial charge in [-0.05, 0) is 24.3 Å². The van der Waals surface area contributed by atoms with Crippen LogP contribution in [0.5, 0.6) is 5.75 Å². The number of carboxylic acids is 1. The highest BCUT2D eigenvalue weighted by Gasteiger charge is 2.21. The molecule has 0 atom stereocenters. The molecule has 1 aromatic rings. The molecule has 0 spiro atoms. The van der Waals surface area contributed by atoms with Gasteiger partial charge >= 0.3 is 0 Å². The Kier molecular flexibility index (Phi) is 3.89. The van der Waals surface area contributed by atoms with Crippen LogP contribution in [0.2, 0.25) is 0 Å². The summed E-state index contributed by atoms with van der Waals surface area (Å²) in [6.45, 7) is 1.98. The lowest BCUT2D eigenvalue weighted by molar-refractivity contribution is -0.301. The first-order valence-electron chi connectivity index (χ1n) is 6.01. The van der Waals surface area contributed by atoms with Crippen molar-refractivity contribution in [1.29, 1.82) is 0 Å². The summed E-state index contributed by atoms with van der Waals surface area (Å²) in [5, 5.41) is 10.5. The molecular weight excluding hydrogens is 248 g/mol. The fourth-order valence-electron chi connectivity index (χ4n) is 2.09. The number of amides is 1. The predicted molar refractivity (Wildman–Crippen MR) is 66.8 cm³/mol. The van der Waals surface area contributed by atoms with E-state index in [0.29, 0.717) is 26.2 Å². The number of piperazine rings is 1. The van der Waals surface area contributed by atoms with Crippen LogP contribution in [0.25, 0.3) is 0 Å². The van der Waals surface area contributed by atoms with Gasteiger partial charge in [-0.2, -0.15) is 0 Å². The molecule has 0 N–H and O–H groups in total. The van der Waals surface area contributed by atoms with Crippen molar-refractivity contribution in [2.24, 2.45) is 0 Å². The zero-order valence-corrected chi connectivity index (χ0v) is 10.7. The van der Waals surface area contributed by atoms with Crippen molar-refractivity contribution in [3.8, 4) is 5.75 Å². The summed E-state index contributed by atoms with van der Waals surface area (Å²) < 4.78 is 5.09. The molecule has 6 nitrogen and oxygen atoms in total. The number of benzene rings is 1. The number of carbonyl (C=O) groups excluding carboxylic acids is 2. The molecule has 0 radical (unpaired) electrons. The fourth-order valence-corrected chi connectivity index (χ4v) is 2.09. The molecule has 102 valence electrons. The van der Waals surface area contributed by atoms with E-state index in [9.17, 15) is 14.7 Å². The molecule has 19 heavy (non-hydrogen) atoms. The lowest BCUT2D eigenvalue weighted by Gasteiger charge is -2.36. The van der Waals surface area contributed by atoms with Crippen molar-refractivity contribution in [2.75, 3.05) is 38.2 Å². The van der Waals surface area contributed by atoms with E-state index in [2.05, 4.69) is 4.90 Å². The molecule has 1 saturated heterocycles. The van der Waals surface area contributed by atoms with Gasteiger partial charge in [0.1, 0.15) is 11.7 Å². The van der Waals surface area contributed by atoms with Crippen molar-refractivity contribution in [3.05, 3.63) is 24.3 Å². The average molecular weight is 263 g/mol. The third-order valence-electron chi connectivity index (χ3n) is 3.18. The number of hydrogen-bond donors (Lipinski definition) is 0. The van der Waals surface area contributed by atoms with E-state index in [1.165, 1.54) is 4.90 Å². The molecule has 1 aliphatic rings. The second kappa shape index (κ2) is 5.60. The summed E-state index contributed by atoms with van der Waals surface area (Å²) in [5.74, 6) is -1.79. The zero-order valence-electron chi connectivity index (χ0n) is 10.7. The van der Waals surface area contributed by atoms with Gasteiger partial charge in [0.25, 0.3) is 5.91 Å². The highest BCUT2D eigenvalue weighted by Crippen LogP contribution is 2.20. The number of carboxylic acid groups (broad SMARTS) is 1. The third-order valence-corrected chi connectivity index (χ3v) is 3.18. The first kappa shape index (κ1) is 13.2. The molecule has 0 aliphatic carbocycles. The lowest BCUT2D eigenvalue weighted by Crippen LogP contribution is -2.53. The molecule has 2 rings (SSSR count). The van der Waals surface area contributed by atoms with Crippen LogP contribution < -0.4 is 14.7 Å². The van der Waals surface area contributed by atoms with Crippen LogP contribution in [0.4, 0.5) is 5.69 Å². The first-order chi connectivity index (χ1) is 9.11. The number of anilines is 1. The highest BCUT2D eigenvalue weighted by atomic mass is 16.5. The number of rotatable bonds is 2. The van der Waals surface area contributed by atoms with E-state index in [-0.39, 0.29) is 0 Å². The van der Waals surface area contributed by atoms with Gasteiger partial charge in [-0.25, -0.2) is 0 Å². The fraction of sp³-hybridized carbons (Fsp3) is 0.385. The van der Waals surface area contributed by atoms with Crippen LogP contribution >= 0.6 is 0 Å². The van der Waals surface area contributed by atoms with E-state index in [4.69, 9.17) is 4.74 Å². The molecule has 1 aromatic carbocycles. The van der Waals surface area contributed by atoms with Gasteiger partial charge in [0.2, 0.25) is 0 Å². The maximum Gasteiger partial charge on any atom is 0.269 e. The topological polar surface area (TPSA) is 72.9 Å². The number of ether oxygens (including phenoxy) is 1. The summed E-state index contributed by atoms with van der Waals surface area (Å²) in [4.78, 5) is 25.1. The van der Waals surface area contributed by atoms with E-state index in [1.807, 2.05) is 24.3 Å². The summed E-state index contributed by atoms with van der Waals surface area (Å²) in [5.41, 5.74) is 1.03. The van der Waals surface area contributed by atoms with Crippen LogP contribution in [0.15, 0.2) is 24.3 Å². The average Bonchev–Trinajstić information content (AvgIpc) is 2.46. The smallest absolute Gasteiger partial charge is 0.269 e.